The molecule has 0 saturated carbocycles. The highest BCUT2D eigenvalue weighted by atomic mass is 32.1. The Morgan fingerprint density at radius 1 is 1.33 bits per heavy atom. The smallest absolute Gasteiger partial charge is 0.330 e. The van der Waals surface area contributed by atoms with E-state index in [1.807, 2.05) is 31.2 Å². The van der Waals surface area contributed by atoms with Crippen molar-refractivity contribution in [1.82, 2.24) is 14.9 Å². The molecule has 1 fully saturated rings. The first-order valence-electron chi connectivity index (χ1n) is 8.60. The fourth-order valence-corrected chi connectivity index (χ4v) is 3.08. The van der Waals surface area contributed by atoms with Gasteiger partial charge in [0.05, 0.1) is 6.10 Å². The number of nitrogens with one attached hydrogen (secondary N) is 3. The molecule has 8 nitrogen and oxygen atoms in total. The number of anilines is 1. The van der Waals surface area contributed by atoms with Crippen LogP contribution in [-0.2, 0) is 4.74 Å². The molecule has 0 spiro atoms. The van der Waals surface area contributed by atoms with E-state index < -0.39 is 29.7 Å². The average molecular weight is 390 g/mol. The van der Waals surface area contributed by atoms with Gasteiger partial charge in [-0.15, -0.1) is 0 Å². The van der Waals surface area contributed by atoms with Gasteiger partial charge < -0.3 is 20.5 Å². The summed E-state index contributed by atoms with van der Waals surface area (Å²) < 4.78 is 7.09. The maximum Gasteiger partial charge on any atom is 0.330 e. The third-order valence-electron chi connectivity index (χ3n) is 4.43. The van der Waals surface area contributed by atoms with Gasteiger partial charge in [-0.2, -0.15) is 0 Å². The minimum absolute atomic E-state index is 0.246. The minimum atomic E-state index is -0.760. The predicted octanol–water partition coefficient (Wildman–Crippen LogP) is 0.788. The van der Waals surface area contributed by atoms with Crippen molar-refractivity contribution in [2.45, 2.75) is 38.7 Å². The lowest BCUT2D eigenvalue weighted by atomic mass is 10.2. The molecular weight excluding hydrogens is 368 g/mol. The Labute approximate surface area is 161 Å². The molecule has 2 heterocycles. The summed E-state index contributed by atoms with van der Waals surface area (Å²) in [5.74, 6) is 0. The fourth-order valence-electron chi connectivity index (χ4n) is 2.88. The highest BCUT2D eigenvalue weighted by Crippen LogP contribution is 2.27. The summed E-state index contributed by atoms with van der Waals surface area (Å²) in [6.07, 6.45) is -0.252. The molecule has 0 unspecified atom stereocenters. The first-order chi connectivity index (χ1) is 12.8. The Bertz CT molecular complexity index is 938. The molecule has 0 amide bonds. The Hall–Kier alpha value is -2.49. The van der Waals surface area contributed by atoms with E-state index in [9.17, 15) is 14.7 Å². The van der Waals surface area contributed by atoms with Gasteiger partial charge in [0.1, 0.15) is 12.3 Å². The van der Waals surface area contributed by atoms with Crippen LogP contribution in [0.3, 0.4) is 0 Å². The van der Waals surface area contributed by atoms with Crippen LogP contribution in [-0.4, -0.2) is 38.5 Å². The number of aliphatic hydroxyl groups is 1. The van der Waals surface area contributed by atoms with E-state index >= 15 is 0 Å². The molecule has 4 N–H and O–H groups in total. The first kappa shape index (κ1) is 19.3. The van der Waals surface area contributed by atoms with E-state index in [0.29, 0.717) is 10.7 Å². The van der Waals surface area contributed by atoms with Crippen molar-refractivity contribution in [1.29, 1.82) is 0 Å². The normalized spacial score (nSPS) is 21.8. The Kier molecular flexibility index (Phi) is 5.73. The zero-order chi connectivity index (χ0) is 19.6. The number of hydrogen-bond acceptors (Lipinski definition) is 5. The molecule has 0 aliphatic carbocycles. The number of hydrogen-bond donors (Lipinski definition) is 4. The second kappa shape index (κ2) is 8.03. The van der Waals surface area contributed by atoms with Crippen LogP contribution < -0.4 is 21.9 Å². The number of ether oxygens (including phenoxy) is 1. The summed E-state index contributed by atoms with van der Waals surface area (Å²) in [5, 5.41) is 16.7. The first-order valence-corrected chi connectivity index (χ1v) is 9.01. The van der Waals surface area contributed by atoms with Crippen molar-refractivity contribution in [3.63, 3.8) is 0 Å². The van der Waals surface area contributed by atoms with Crippen LogP contribution in [0.4, 0.5) is 5.69 Å². The Balaban J connectivity index is 1.58. The molecule has 0 radical (unpaired) electrons. The van der Waals surface area contributed by atoms with Gasteiger partial charge in [-0.25, -0.2) is 4.79 Å². The molecule has 1 aromatic heterocycles. The molecule has 3 atom stereocenters. The molecule has 2 aromatic rings. The number of benzene rings is 1. The maximum atomic E-state index is 12.0. The van der Waals surface area contributed by atoms with Gasteiger partial charge in [0, 0.05) is 30.4 Å². The van der Waals surface area contributed by atoms with Crippen molar-refractivity contribution in [3.05, 3.63) is 62.4 Å². The van der Waals surface area contributed by atoms with E-state index in [1.54, 1.807) is 6.92 Å². The third kappa shape index (κ3) is 4.62. The highest BCUT2D eigenvalue weighted by molar-refractivity contribution is 7.80. The number of aromatic nitrogens is 2. The SMILES string of the molecule is Cc1ccc(NC(=S)NC[C@H]2O[C@H](n3cc(C)c(=O)[nH]c3=O)C[C@@H]2O)cc1. The number of H-pyrrole nitrogens is 1. The van der Waals surface area contributed by atoms with Gasteiger partial charge in [-0.1, -0.05) is 17.7 Å². The lowest BCUT2D eigenvalue weighted by molar-refractivity contribution is -0.0172. The molecule has 1 aliphatic rings. The van der Waals surface area contributed by atoms with Gasteiger partial charge in [0.2, 0.25) is 0 Å². The zero-order valence-electron chi connectivity index (χ0n) is 15.1. The fraction of sp³-hybridized carbons (Fsp3) is 0.389. The summed E-state index contributed by atoms with van der Waals surface area (Å²) >= 11 is 5.26. The number of nitrogens with zero attached hydrogens (tertiary/aromatic N) is 1. The van der Waals surface area contributed by atoms with Crippen molar-refractivity contribution >= 4 is 23.0 Å². The third-order valence-corrected chi connectivity index (χ3v) is 4.68. The number of aryl methyl sites for hydroxylation is 2. The number of rotatable bonds is 4. The van der Waals surface area contributed by atoms with Crippen LogP contribution in [0.15, 0.2) is 40.1 Å². The highest BCUT2D eigenvalue weighted by Gasteiger charge is 2.35. The Morgan fingerprint density at radius 2 is 2.04 bits per heavy atom. The quantitative estimate of drug-likeness (QED) is 0.572. The van der Waals surface area contributed by atoms with Gasteiger partial charge in [0.15, 0.2) is 5.11 Å². The summed E-state index contributed by atoms with van der Waals surface area (Å²) in [7, 11) is 0. The van der Waals surface area contributed by atoms with E-state index in [-0.39, 0.29) is 13.0 Å². The molecule has 27 heavy (non-hydrogen) atoms. The average Bonchev–Trinajstić information content (AvgIpc) is 2.99. The van der Waals surface area contributed by atoms with E-state index in [2.05, 4.69) is 15.6 Å². The van der Waals surface area contributed by atoms with Gasteiger partial charge in [0.25, 0.3) is 5.56 Å². The zero-order valence-corrected chi connectivity index (χ0v) is 15.9. The summed E-state index contributed by atoms with van der Waals surface area (Å²) in [6.45, 7) is 3.89. The lowest BCUT2D eigenvalue weighted by Crippen LogP contribution is -2.39. The second-order valence-electron chi connectivity index (χ2n) is 6.61. The van der Waals surface area contributed by atoms with Crippen molar-refractivity contribution < 1.29 is 9.84 Å². The van der Waals surface area contributed by atoms with E-state index in [0.717, 1.165) is 11.3 Å². The lowest BCUT2D eigenvalue weighted by Gasteiger charge is -2.18. The standard InChI is InChI=1S/C18H22N4O4S/c1-10-3-5-12(6-4-10)20-17(27)19-8-14-13(23)7-15(26-14)22-9-11(2)16(24)21-18(22)25/h3-6,9,13-15,23H,7-8H2,1-2H3,(H2,19,20,27)(H,21,24,25)/t13-,14+,15-/m0/s1. The van der Waals surface area contributed by atoms with Crippen LogP contribution in [0.1, 0.15) is 23.8 Å². The molecule has 144 valence electrons. The molecule has 1 saturated heterocycles. The van der Waals surface area contributed by atoms with Crippen LogP contribution >= 0.6 is 12.2 Å². The Morgan fingerprint density at radius 3 is 2.74 bits per heavy atom. The minimum Gasteiger partial charge on any atom is -0.390 e. The maximum absolute atomic E-state index is 12.0. The van der Waals surface area contributed by atoms with E-state index in [1.165, 1.54) is 10.8 Å². The molecular formula is C18H22N4O4S. The van der Waals surface area contributed by atoms with E-state index in [4.69, 9.17) is 17.0 Å². The van der Waals surface area contributed by atoms with Crippen LogP contribution in [0, 0.1) is 13.8 Å². The number of aromatic amines is 1. The summed E-state index contributed by atoms with van der Waals surface area (Å²) in [6, 6.07) is 7.79. The predicted molar refractivity (Wildman–Crippen MR) is 106 cm³/mol. The number of thiocarbonyl (C=S) groups is 1. The summed E-state index contributed by atoms with van der Waals surface area (Å²) in [5.41, 5.74) is 1.42. The molecule has 1 aromatic carbocycles. The monoisotopic (exact) mass is 390 g/mol. The van der Waals surface area contributed by atoms with Crippen molar-refractivity contribution in [3.8, 4) is 0 Å². The molecule has 3 rings (SSSR count). The molecule has 1 aliphatic heterocycles. The summed E-state index contributed by atoms with van der Waals surface area (Å²) in [4.78, 5) is 25.7. The van der Waals surface area contributed by atoms with Gasteiger partial charge in [-0.3, -0.25) is 14.3 Å². The van der Waals surface area contributed by atoms with Crippen LogP contribution in [0.25, 0.3) is 0 Å². The molecule has 9 heteroatoms. The van der Waals surface area contributed by atoms with Crippen LogP contribution in [0.2, 0.25) is 0 Å². The van der Waals surface area contributed by atoms with Gasteiger partial charge in [-0.05, 0) is 38.2 Å². The topological polar surface area (TPSA) is 108 Å². The van der Waals surface area contributed by atoms with Gasteiger partial charge >= 0.3 is 5.69 Å². The second-order valence-corrected chi connectivity index (χ2v) is 7.02. The van der Waals surface area contributed by atoms with Crippen molar-refractivity contribution in [2.75, 3.05) is 11.9 Å². The largest absolute Gasteiger partial charge is 0.390 e. The van der Waals surface area contributed by atoms with Crippen molar-refractivity contribution in [2.24, 2.45) is 0 Å². The van der Waals surface area contributed by atoms with Crippen LogP contribution in [0.5, 0.6) is 0 Å². The molecule has 0 bridgehead atoms. The number of aliphatic hydroxyl groups excluding tert-OH is 1.